The number of hydrogen-bond acceptors (Lipinski definition) is 3. The van der Waals surface area contributed by atoms with Crippen LogP contribution in [-0.2, 0) is 4.79 Å². The highest BCUT2D eigenvalue weighted by Crippen LogP contribution is 2.22. The van der Waals surface area contributed by atoms with Crippen molar-refractivity contribution in [3.05, 3.63) is 0 Å². The van der Waals surface area contributed by atoms with E-state index in [9.17, 15) is 4.79 Å². The van der Waals surface area contributed by atoms with Crippen molar-refractivity contribution >= 4 is 17.7 Å². The number of nitrogens with zero attached hydrogens (tertiary/aromatic N) is 1. The zero-order valence-electron chi connectivity index (χ0n) is 8.66. The molecule has 2 fully saturated rings. The lowest BCUT2D eigenvalue weighted by Crippen LogP contribution is -2.35. The maximum atomic E-state index is 11.3. The molecule has 0 aromatic carbocycles. The normalized spacial score (nSPS) is 32.9. The fourth-order valence-electron chi connectivity index (χ4n) is 2.08. The number of likely N-dealkylation sites (tertiary alicyclic amines) is 1. The molecule has 2 rings (SSSR count). The van der Waals surface area contributed by atoms with Crippen molar-refractivity contribution < 1.29 is 4.79 Å². The maximum absolute atomic E-state index is 11.3. The van der Waals surface area contributed by atoms with Crippen molar-refractivity contribution in [2.45, 2.75) is 18.9 Å². The first kappa shape index (κ1) is 10.3. The molecule has 0 spiro atoms. The first-order valence-electron chi connectivity index (χ1n) is 5.31. The van der Waals surface area contributed by atoms with Crippen molar-refractivity contribution in [3.63, 3.8) is 0 Å². The van der Waals surface area contributed by atoms with Crippen molar-refractivity contribution in [3.8, 4) is 0 Å². The lowest BCUT2D eigenvalue weighted by molar-refractivity contribution is -0.126. The van der Waals surface area contributed by atoms with Crippen LogP contribution in [0.3, 0.4) is 0 Å². The smallest absolute Gasteiger partial charge is 0.224 e. The molecule has 0 radical (unpaired) electrons. The van der Waals surface area contributed by atoms with Crippen molar-refractivity contribution in [1.82, 2.24) is 10.2 Å². The van der Waals surface area contributed by atoms with Crippen LogP contribution in [0.15, 0.2) is 0 Å². The molecule has 0 aromatic heterocycles. The second kappa shape index (κ2) is 4.53. The minimum atomic E-state index is 0.281. The molecule has 2 saturated heterocycles. The minimum absolute atomic E-state index is 0.281. The summed E-state index contributed by atoms with van der Waals surface area (Å²) >= 11 is 2.05. The predicted octanol–water partition coefficient (Wildman–Crippen LogP) is 0.560. The number of likely N-dealkylation sites (N-methyl/N-ethyl adjacent to an activating group) is 1. The molecule has 2 atom stereocenters. The average Bonchev–Trinajstić information content (AvgIpc) is 2.74. The van der Waals surface area contributed by atoms with Crippen LogP contribution in [-0.4, -0.2) is 48.5 Å². The second-order valence-corrected chi connectivity index (χ2v) is 5.46. The van der Waals surface area contributed by atoms with Gasteiger partial charge in [-0.15, -0.1) is 0 Å². The van der Waals surface area contributed by atoms with Crippen LogP contribution in [0, 0.1) is 5.92 Å². The molecule has 0 aliphatic carbocycles. The molecule has 14 heavy (non-hydrogen) atoms. The highest BCUT2D eigenvalue weighted by atomic mass is 32.2. The van der Waals surface area contributed by atoms with Gasteiger partial charge in [-0.25, -0.2) is 0 Å². The van der Waals surface area contributed by atoms with Gasteiger partial charge in [-0.1, -0.05) is 0 Å². The monoisotopic (exact) mass is 214 g/mol. The molecule has 0 aromatic rings. The summed E-state index contributed by atoms with van der Waals surface area (Å²) in [6.45, 7) is 1.98. The molecule has 2 heterocycles. The number of hydrogen-bond donors (Lipinski definition) is 1. The summed E-state index contributed by atoms with van der Waals surface area (Å²) in [4.78, 5) is 13.1. The Hall–Kier alpha value is -0.220. The highest BCUT2D eigenvalue weighted by molar-refractivity contribution is 7.99. The summed E-state index contributed by atoms with van der Waals surface area (Å²) in [7, 11) is 1.88. The molecule has 1 amide bonds. The summed E-state index contributed by atoms with van der Waals surface area (Å²) in [5.74, 6) is 3.73. The first-order chi connectivity index (χ1) is 6.75. The number of amides is 1. The van der Waals surface area contributed by atoms with E-state index in [1.165, 1.54) is 17.9 Å². The van der Waals surface area contributed by atoms with Crippen LogP contribution in [0.25, 0.3) is 0 Å². The standard InChI is InChI=1S/C10H18N2OS/c1-12-6-9(4-10(12)13)11-5-8-2-3-14-7-8/h8-9,11H,2-7H2,1H3. The Kier molecular flexibility index (Phi) is 3.34. The summed E-state index contributed by atoms with van der Waals surface area (Å²) in [6.07, 6.45) is 2.03. The van der Waals surface area contributed by atoms with Gasteiger partial charge in [0, 0.05) is 26.1 Å². The van der Waals surface area contributed by atoms with Gasteiger partial charge in [-0.05, 0) is 30.4 Å². The average molecular weight is 214 g/mol. The number of rotatable bonds is 3. The molecule has 1 N–H and O–H groups in total. The Morgan fingerprint density at radius 3 is 3.07 bits per heavy atom. The molecule has 80 valence electrons. The van der Waals surface area contributed by atoms with Gasteiger partial charge in [0.25, 0.3) is 0 Å². The van der Waals surface area contributed by atoms with E-state index in [4.69, 9.17) is 0 Å². The Balaban J connectivity index is 1.68. The molecule has 0 saturated carbocycles. The molecule has 0 bridgehead atoms. The van der Waals surface area contributed by atoms with Gasteiger partial charge >= 0.3 is 0 Å². The first-order valence-corrected chi connectivity index (χ1v) is 6.46. The third-order valence-corrected chi connectivity index (χ3v) is 4.29. The Labute approximate surface area is 89.6 Å². The van der Waals surface area contributed by atoms with Crippen LogP contribution in [0.2, 0.25) is 0 Å². The van der Waals surface area contributed by atoms with E-state index in [1.54, 1.807) is 0 Å². The lowest BCUT2D eigenvalue weighted by Gasteiger charge is -2.15. The topological polar surface area (TPSA) is 32.3 Å². The SMILES string of the molecule is CN1CC(NCC2CCSC2)CC1=O. The van der Waals surface area contributed by atoms with Gasteiger partial charge in [0.2, 0.25) is 5.91 Å². The van der Waals surface area contributed by atoms with Crippen LogP contribution in [0.5, 0.6) is 0 Å². The van der Waals surface area contributed by atoms with Gasteiger partial charge < -0.3 is 10.2 Å². The highest BCUT2D eigenvalue weighted by Gasteiger charge is 2.27. The zero-order chi connectivity index (χ0) is 9.97. The van der Waals surface area contributed by atoms with Crippen molar-refractivity contribution in [1.29, 1.82) is 0 Å². The minimum Gasteiger partial charge on any atom is -0.344 e. The van der Waals surface area contributed by atoms with Gasteiger partial charge in [-0.2, -0.15) is 11.8 Å². The Morgan fingerprint density at radius 2 is 2.50 bits per heavy atom. The fourth-order valence-corrected chi connectivity index (χ4v) is 3.36. The van der Waals surface area contributed by atoms with Crippen molar-refractivity contribution in [2.75, 3.05) is 31.6 Å². The van der Waals surface area contributed by atoms with E-state index < -0.39 is 0 Å². The maximum Gasteiger partial charge on any atom is 0.224 e. The number of thioether (sulfide) groups is 1. The number of nitrogens with one attached hydrogen (secondary N) is 1. The summed E-state index contributed by atoms with van der Waals surface area (Å²) < 4.78 is 0. The summed E-state index contributed by atoms with van der Waals surface area (Å²) in [5, 5.41) is 3.51. The molecule has 3 nitrogen and oxygen atoms in total. The van der Waals surface area contributed by atoms with Gasteiger partial charge in [0.1, 0.15) is 0 Å². The second-order valence-electron chi connectivity index (χ2n) is 4.31. The quantitative estimate of drug-likeness (QED) is 0.745. The van der Waals surface area contributed by atoms with E-state index in [-0.39, 0.29) is 5.91 Å². The van der Waals surface area contributed by atoms with Crippen LogP contribution in [0.1, 0.15) is 12.8 Å². The predicted molar refractivity (Wildman–Crippen MR) is 59.5 cm³/mol. The van der Waals surface area contributed by atoms with Crippen molar-refractivity contribution in [2.24, 2.45) is 5.92 Å². The van der Waals surface area contributed by atoms with E-state index in [1.807, 2.05) is 23.7 Å². The molecule has 2 aliphatic heterocycles. The Bertz CT molecular complexity index is 216. The largest absolute Gasteiger partial charge is 0.344 e. The van der Waals surface area contributed by atoms with E-state index in [0.29, 0.717) is 12.5 Å². The van der Waals surface area contributed by atoms with E-state index in [0.717, 1.165) is 19.0 Å². The number of carbonyl (C=O) groups is 1. The molecular weight excluding hydrogens is 196 g/mol. The van der Waals surface area contributed by atoms with Crippen LogP contribution < -0.4 is 5.32 Å². The molecule has 2 unspecified atom stereocenters. The summed E-state index contributed by atoms with van der Waals surface area (Å²) in [6, 6.07) is 0.401. The van der Waals surface area contributed by atoms with E-state index in [2.05, 4.69) is 5.32 Å². The van der Waals surface area contributed by atoms with E-state index >= 15 is 0 Å². The van der Waals surface area contributed by atoms with Crippen LogP contribution >= 0.6 is 11.8 Å². The van der Waals surface area contributed by atoms with Gasteiger partial charge in [0.15, 0.2) is 0 Å². The lowest BCUT2D eigenvalue weighted by atomic mass is 10.1. The third-order valence-electron chi connectivity index (χ3n) is 3.06. The third kappa shape index (κ3) is 2.42. The fraction of sp³-hybridized carbons (Fsp3) is 0.900. The Morgan fingerprint density at radius 1 is 1.64 bits per heavy atom. The molecule has 2 aliphatic rings. The van der Waals surface area contributed by atoms with Crippen LogP contribution in [0.4, 0.5) is 0 Å². The molecule has 4 heteroatoms. The molecular formula is C10H18N2OS. The summed E-state index contributed by atoms with van der Waals surface area (Å²) in [5.41, 5.74) is 0. The number of carbonyl (C=O) groups excluding carboxylic acids is 1. The van der Waals surface area contributed by atoms with Gasteiger partial charge in [-0.3, -0.25) is 4.79 Å². The zero-order valence-corrected chi connectivity index (χ0v) is 9.48. The van der Waals surface area contributed by atoms with Gasteiger partial charge in [0.05, 0.1) is 0 Å².